The van der Waals surface area contributed by atoms with E-state index in [-0.39, 0.29) is 6.04 Å². The van der Waals surface area contributed by atoms with Gasteiger partial charge in [0.2, 0.25) is 5.95 Å². The van der Waals surface area contributed by atoms with E-state index in [1.165, 1.54) is 27.8 Å². The molecule has 24 heavy (non-hydrogen) atoms. The molecule has 1 aromatic heterocycles. The van der Waals surface area contributed by atoms with Crippen molar-refractivity contribution in [2.24, 2.45) is 0 Å². The Balaban J connectivity index is 1.82. The van der Waals surface area contributed by atoms with Crippen molar-refractivity contribution in [1.82, 2.24) is 14.8 Å². The summed E-state index contributed by atoms with van der Waals surface area (Å²) in [4.78, 5) is 4.37. The van der Waals surface area contributed by atoms with Gasteiger partial charge >= 0.3 is 0 Å². The molecular weight excluding hydrogens is 296 g/mol. The molecule has 0 bridgehead atoms. The molecule has 0 aliphatic carbocycles. The number of benzene rings is 2. The molecule has 2 aromatic carbocycles. The van der Waals surface area contributed by atoms with E-state index in [2.05, 4.69) is 84.7 Å². The molecular formula is C20H20N4. The average Bonchev–Trinajstić information content (AvgIpc) is 3.05. The van der Waals surface area contributed by atoms with Gasteiger partial charge in [0.05, 0.1) is 0 Å². The van der Waals surface area contributed by atoms with Crippen molar-refractivity contribution in [2.45, 2.75) is 26.8 Å². The van der Waals surface area contributed by atoms with Crippen LogP contribution in [-0.4, -0.2) is 14.8 Å². The number of hydrogen-bond donors (Lipinski definition) is 1. The maximum absolute atomic E-state index is 4.40. The zero-order chi connectivity index (χ0) is 16.7. The predicted molar refractivity (Wildman–Crippen MR) is 96.9 cm³/mol. The Kier molecular flexibility index (Phi) is 3.45. The van der Waals surface area contributed by atoms with Crippen molar-refractivity contribution >= 4 is 11.6 Å². The maximum atomic E-state index is 4.40. The van der Waals surface area contributed by atoms with E-state index in [0.717, 1.165) is 11.6 Å². The normalized spacial score (nSPS) is 16.3. The van der Waals surface area contributed by atoms with E-state index >= 15 is 0 Å². The van der Waals surface area contributed by atoms with Crippen LogP contribution < -0.4 is 5.32 Å². The molecule has 3 aromatic rings. The zero-order valence-corrected chi connectivity index (χ0v) is 14.1. The molecule has 0 saturated heterocycles. The Morgan fingerprint density at radius 2 is 1.88 bits per heavy atom. The lowest BCUT2D eigenvalue weighted by Gasteiger charge is -2.25. The summed E-state index contributed by atoms with van der Waals surface area (Å²) in [5, 5.41) is 7.81. The Morgan fingerprint density at radius 3 is 2.67 bits per heavy atom. The van der Waals surface area contributed by atoms with Gasteiger partial charge in [0.15, 0.2) is 0 Å². The van der Waals surface area contributed by atoms with Crippen LogP contribution in [0.3, 0.4) is 0 Å². The molecule has 120 valence electrons. The fourth-order valence-corrected chi connectivity index (χ4v) is 3.10. The second kappa shape index (κ2) is 5.64. The summed E-state index contributed by atoms with van der Waals surface area (Å²) in [6.45, 7) is 6.39. The van der Waals surface area contributed by atoms with Gasteiger partial charge in [-0.1, -0.05) is 42.0 Å². The predicted octanol–water partition coefficient (Wildman–Crippen LogP) is 4.26. The third-order valence-electron chi connectivity index (χ3n) is 4.61. The summed E-state index contributed by atoms with van der Waals surface area (Å²) in [5.74, 6) is 0.775. The van der Waals surface area contributed by atoms with E-state index in [4.69, 9.17) is 0 Å². The lowest BCUT2D eigenvalue weighted by atomic mass is 9.98. The van der Waals surface area contributed by atoms with Crippen LogP contribution in [0.25, 0.3) is 5.70 Å². The lowest BCUT2D eigenvalue weighted by Crippen LogP contribution is -2.20. The summed E-state index contributed by atoms with van der Waals surface area (Å²) in [6.07, 6.45) is 3.82. The Bertz CT molecular complexity index is 936. The minimum atomic E-state index is 0.0419. The molecule has 2 heterocycles. The minimum absolute atomic E-state index is 0.0419. The standard InChI is InChI=1S/C20H20N4/c1-13-5-4-6-17(9-13)19-11-18(23-20-21-12-22-24(19)20)16-8-7-14(2)15(3)10-16/h4-12,19H,1-3H3,(H,21,22,23)/t19-/m1/s1. The van der Waals surface area contributed by atoms with Crippen LogP contribution in [0.2, 0.25) is 0 Å². The number of hydrogen-bond acceptors (Lipinski definition) is 3. The third-order valence-corrected chi connectivity index (χ3v) is 4.61. The molecule has 4 heteroatoms. The molecule has 1 N–H and O–H groups in total. The Labute approximate surface area is 141 Å². The monoisotopic (exact) mass is 316 g/mol. The van der Waals surface area contributed by atoms with Gasteiger partial charge in [0.1, 0.15) is 12.4 Å². The molecule has 1 aliphatic rings. The van der Waals surface area contributed by atoms with E-state index < -0.39 is 0 Å². The Morgan fingerprint density at radius 1 is 1.00 bits per heavy atom. The zero-order valence-electron chi connectivity index (χ0n) is 14.1. The Hall–Kier alpha value is -2.88. The lowest BCUT2D eigenvalue weighted by molar-refractivity contribution is 0.611. The van der Waals surface area contributed by atoms with E-state index in [9.17, 15) is 0 Å². The number of allylic oxidation sites excluding steroid dienone is 1. The highest BCUT2D eigenvalue weighted by atomic mass is 15.4. The first-order valence-corrected chi connectivity index (χ1v) is 8.14. The van der Waals surface area contributed by atoms with Crippen molar-refractivity contribution in [2.75, 3.05) is 5.32 Å². The van der Waals surface area contributed by atoms with E-state index in [1.54, 1.807) is 6.33 Å². The van der Waals surface area contributed by atoms with Gasteiger partial charge in [-0.2, -0.15) is 10.1 Å². The van der Waals surface area contributed by atoms with Crippen LogP contribution in [-0.2, 0) is 0 Å². The van der Waals surface area contributed by atoms with Crippen LogP contribution >= 0.6 is 0 Å². The summed E-state index contributed by atoms with van der Waals surface area (Å²) in [7, 11) is 0. The smallest absolute Gasteiger partial charge is 0.226 e. The number of nitrogens with one attached hydrogen (secondary N) is 1. The topological polar surface area (TPSA) is 42.7 Å². The molecule has 4 rings (SSSR count). The molecule has 4 nitrogen and oxygen atoms in total. The highest BCUT2D eigenvalue weighted by Gasteiger charge is 2.23. The van der Waals surface area contributed by atoms with Crippen molar-refractivity contribution in [1.29, 1.82) is 0 Å². The molecule has 0 spiro atoms. The van der Waals surface area contributed by atoms with Crippen molar-refractivity contribution in [3.8, 4) is 0 Å². The van der Waals surface area contributed by atoms with Gasteiger partial charge in [0, 0.05) is 5.70 Å². The molecule has 0 fully saturated rings. The van der Waals surface area contributed by atoms with Gasteiger partial charge in [-0.25, -0.2) is 4.68 Å². The molecule has 1 atom stereocenters. The maximum Gasteiger partial charge on any atom is 0.226 e. The second-order valence-electron chi connectivity index (χ2n) is 6.39. The fourth-order valence-electron chi connectivity index (χ4n) is 3.10. The first-order chi connectivity index (χ1) is 11.6. The van der Waals surface area contributed by atoms with Crippen molar-refractivity contribution in [3.63, 3.8) is 0 Å². The second-order valence-corrected chi connectivity index (χ2v) is 6.39. The van der Waals surface area contributed by atoms with Crippen molar-refractivity contribution in [3.05, 3.63) is 82.7 Å². The number of aryl methyl sites for hydroxylation is 3. The fraction of sp³-hybridized carbons (Fsp3) is 0.200. The van der Waals surface area contributed by atoms with Gasteiger partial charge < -0.3 is 5.32 Å². The first kappa shape index (κ1) is 14.7. The molecule has 0 radical (unpaired) electrons. The van der Waals surface area contributed by atoms with E-state index in [0.29, 0.717) is 0 Å². The van der Waals surface area contributed by atoms with Crippen LogP contribution in [0.5, 0.6) is 0 Å². The molecule has 0 unspecified atom stereocenters. The van der Waals surface area contributed by atoms with Gasteiger partial charge in [-0.3, -0.25) is 0 Å². The van der Waals surface area contributed by atoms with Gasteiger partial charge in [-0.05, 0) is 55.2 Å². The van der Waals surface area contributed by atoms with Crippen LogP contribution in [0, 0.1) is 20.8 Å². The molecule has 0 amide bonds. The number of rotatable bonds is 2. The first-order valence-electron chi connectivity index (χ1n) is 8.14. The highest BCUT2D eigenvalue weighted by Crippen LogP contribution is 2.32. The summed E-state index contributed by atoms with van der Waals surface area (Å²) in [5.41, 5.74) is 7.29. The van der Waals surface area contributed by atoms with Gasteiger partial charge in [-0.15, -0.1) is 0 Å². The number of anilines is 1. The number of nitrogens with zero attached hydrogens (tertiary/aromatic N) is 3. The third kappa shape index (κ3) is 2.50. The quantitative estimate of drug-likeness (QED) is 0.768. The number of aromatic nitrogens is 3. The summed E-state index contributed by atoms with van der Waals surface area (Å²) < 4.78 is 1.93. The van der Waals surface area contributed by atoms with Crippen LogP contribution in [0.4, 0.5) is 5.95 Å². The highest BCUT2D eigenvalue weighted by molar-refractivity contribution is 5.77. The summed E-state index contributed by atoms with van der Waals surface area (Å²) in [6, 6.07) is 15.1. The molecule has 0 saturated carbocycles. The van der Waals surface area contributed by atoms with Crippen molar-refractivity contribution < 1.29 is 0 Å². The van der Waals surface area contributed by atoms with Crippen LogP contribution in [0.15, 0.2) is 54.9 Å². The largest absolute Gasteiger partial charge is 0.324 e. The minimum Gasteiger partial charge on any atom is -0.324 e. The van der Waals surface area contributed by atoms with Gasteiger partial charge in [0.25, 0.3) is 0 Å². The SMILES string of the molecule is Cc1cccc([C@H]2C=C(c3ccc(C)c(C)c3)Nc3ncnn32)c1. The average molecular weight is 316 g/mol. The van der Waals surface area contributed by atoms with Crippen LogP contribution in [0.1, 0.15) is 33.9 Å². The van der Waals surface area contributed by atoms with E-state index in [1.807, 2.05) is 4.68 Å². The number of fused-ring (bicyclic) bond motifs is 1. The summed E-state index contributed by atoms with van der Waals surface area (Å²) >= 11 is 0. The molecule has 1 aliphatic heterocycles.